The molecule has 1 amide bonds. The lowest BCUT2D eigenvalue weighted by Crippen LogP contribution is -2.23. The van der Waals surface area contributed by atoms with Crippen LogP contribution in [0.4, 0.5) is 5.69 Å². The van der Waals surface area contributed by atoms with Crippen molar-refractivity contribution in [2.75, 3.05) is 19.4 Å². The van der Waals surface area contributed by atoms with E-state index in [1.165, 1.54) is 31.5 Å². The first-order valence-corrected chi connectivity index (χ1v) is 9.78. The van der Waals surface area contributed by atoms with E-state index < -0.39 is 10.0 Å². The second-order valence-corrected chi connectivity index (χ2v) is 9.87. The standard InChI is InChI=1S/C15H17BrN2O3S2/c1-9-7-11(23(20,21)18(3)4)8-12(10(9)2)17-15(19)13-5-6-14(16)22-13/h5-8H,1-4H3,(H,17,19). The summed E-state index contributed by atoms with van der Waals surface area (Å²) in [5, 5.41) is 2.80. The smallest absolute Gasteiger partial charge is 0.265 e. The maximum atomic E-state index is 12.3. The monoisotopic (exact) mass is 416 g/mol. The number of carbonyl (C=O) groups excluding carboxylic acids is 1. The zero-order valence-electron chi connectivity index (χ0n) is 13.2. The Morgan fingerprint density at radius 2 is 1.87 bits per heavy atom. The highest BCUT2D eigenvalue weighted by Gasteiger charge is 2.20. The SMILES string of the molecule is Cc1cc(S(=O)(=O)N(C)C)cc(NC(=O)c2ccc(Br)s2)c1C. The third-order valence-corrected chi connectivity index (χ3v) is 6.88. The van der Waals surface area contributed by atoms with Gasteiger partial charge in [0, 0.05) is 19.8 Å². The molecule has 0 saturated carbocycles. The molecule has 0 fully saturated rings. The molecule has 2 aromatic rings. The van der Waals surface area contributed by atoms with Gasteiger partial charge in [0.1, 0.15) is 0 Å². The summed E-state index contributed by atoms with van der Waals surface area (Å²) in [6, 6.07) is 6.62. The molecule has 124 valence electrons. The Hall–Kier alpha value is -1.22. The van der Waals surface area contributed by atoms with Crippen LogP contribution >= 0.6 is 27.3 Å². The molecule has 1 aromatic carbocycles. The van der Waals surface area contributed by atoms with Crippen LogP contribution in [0.5, 0.6) is 0 Å². The summed E-state index contributed by atoms with van der Waals surface area (Å²) in [7, 11) is -0.602. The molecule has 1 heterocycles. The number of benzene rings is 1. The van der Waals surface area contributed by atoms with Crippen LogP contribution < -0.4 is 5.32 Å². The van der Waals surface area contributed by atoms with Crippen molar-refractivity contribution in [2.24, 2.45) is 0 Å². The molecule has 0 saturated heterocycles. The van der Waals surface area contributed by atoms with Gasteiger partial charge >= 0.3 is 0 Å². The van der Waals surface area contributed by atoms with E-state index in [4.69, 9.17) is 0 Å². The van der Waals surface area contributed by atoms with Crippen molar-refractivity contribution in [3.63, 3.8) is 0 Å². The molecule has 0 aliphatic carbocycles. The Bertz CT molecular complexity index is 858. The van der Waals surface area contributed by atoms with Crippen molar-refractivity contribution in [3.05, 3.63) is 44.1 Å². The van der Waals surface area contributed by atoms with Crippen molar-refractivity contribution in [2.45, 2.75) is 18.7 Å². The summed E-state index contributed by atoms with van der Waals surface area (Å²) < 4.78 is 26.6. The van der Waals surface area contributed by atoms with Gasteiger partial charge in [-0.2, -0.15) is 0 Å². The number of carbonyl (C=O) groups is 1. The molecule has 0 spiro atoms. The Balaban J connectivity index is 2.43. The van der Waals surface area contributed by atoms with E-state index in [-0.39, 0.29) is 10.8 Å². The van der Waals surface area contributed by atoms with Gasteiger partial charge in [0.25, 0.3) is 5.91 Å². The summed E-state index contributed by atoms with van der Waals surface area (Å²) in [5.74, 6) is -0.261. The molecule has 2 rings (SSSR count). The van der Waals surface area contributed by atoms with Crippen molar-refractivity contribution < 1.29 is 13.2 Å². The number of nitrogens with zero attached hydrogens (tertiary/aromatic N) is 1. The highest BCUT2D eigenvalue weighted by atomic mass is 79.9. The van der Waals surface area contributed by atoms with Gasteiger partial charge in [0.2, 0.25) is 10.0 Å². The lowest BCUT2D eigenvalue weighted by atomic mass is 10.1. The minimum Gasteiger partial charge on any atom is -0.321 e. The fraction of sp³-hybridized carbons (Fsp3) is 0.267. The second-order valence-electron chi connectivity index (χ2n) is 5.26. The third-order valence-electron chi connectivity index (χ3n) is 3.46. The van der Waals surface area contributed by atoms with Crippen LogP contribution in [0.25, 0.3) is 0 Å². The minimum atomic E-state index is -3.56. The second kappa shape index (κ2) is 6.72. The zero-order chi connectivity index (χ0) is 17.4. The maximum Gasteiger partial charge on any atom is 0.265 e. The van der Waals surface area contributed by atoms with Crippen LogP contribution in [0.2, 0.25) is 0 Å². The predicted molar refractivity (Wildman–Crippen MR) is 96.8 cm³/mol. The molecule has 0 aliphatic heterocycles. The number of nitrogens with one attached hydrogen (secondary N) is 1. The van der Waals surface area contributed by atoms with Crippen LogP contribution in [0, 0.1) is 13.8 Å². The average Bonchev–Trinajstić information content (AvgIpc) is 2.90. The number of hydrogen-bond acceptors (Lipinski definition) is 4. The number of aryl methyl sites for hydroxylation is 1. The van der Waals surface area contributed by atoms with Crippen molar-refractivity contribution in [3.8, 4) is 0 Å². The van der Waals surface area contributed by atoms with Crippen LogP contribution in [0.3, 0.4) is 0 Å². The summed E-state index contributed by atoms with van der Waals surface area (Å²) in [6.45, 7) is 3.67. The van der Waals surface area contributed by atoms with E-state index >= 15 is 0 Å². The lowest BCUT2D eigenvalue weighted by molar-refractivity contribution is 0.103. The van der Waals surface area contributed by atoms with Gasteiger partial charge in [-0.05, 0) is 65.2 Å². The molecule has 5 nitrogen and oxygen atoms in total. The number of anilines is 1. The molecule has 23 heavy (non-hydrogen) atoms. The number of hydrogen-bond donors (Lipinski definition) is 1. The third kappa shape index (κ3) is 3.82. The van der Waals surface area contributed by atoms with E-state index in [9.17, 15) is 13.2 Å². The summed E-state index contributed by atoms with van der Waals surface area (Å²) in [5.41, 5.74) is 2.14. The van der Waals surface area contributed by atoms with Gasteiger partial charge in [0.05, 0.1) is 13.6 Å². The average molecular weight is 417 g/mol. The van der Waals surface area contributed by atoms with E-state index in [0.29, 0.717) is 10.6 Å². The van der Waals surface area contributed by atoms with Gasteiger partial charge in [-0.25, -0.2) is 12.7 Å². The van der Waals surface area contributed by atoms with E-state index in [1.54, 1.807) is 18.2 Å². The molecular formula is C15H17BrN2O3S2. The number of thiophene rings is 1. The van der Waals surface area contributed by atoms with Crippen LogP contribution in [-0.2, 0) is 10.0 Å². The molecule has 0 bridgehead atoms. The van der Waals surface area contributed by atoms with Crippen LogP contribution in [-0.4, -0.2) is 32.7 Å². The highest BCUT2D eigenvalue weighted by Crippen LogP contribution is 2.27. The molecule has 1 aromatic heterocycles. The quantitative estimate of drug-likeness (QED) is 0.826. The number of sulfonamides is 1. The van der Waals surface area contributed by atoms with E-state index in [2.05, 4.69) is 21.2 Å². The van der Waals surface area contributed by atoms with Crippen LogP contribution in [0.15, 0.2) is 32.9 Å². The van der Waals surface area contributed by atoms with E-state index in [1.807, 2.05) is 13.8 Å². The molecule has 0 atom stereocenters. The van der Waals surface area contributed by atoms with Gasteiger partial charge in [-0.1, -0.05) is 0 Å². The summed E-state index contributed by atoms with van der Waals surface area (Å²) >= 11 is 4.64. The van der Waals surface area contributed by atoms with Gasteiger partial charge in [-0.15, -0.1) is 11.3 Å². The number of halogens is 1. The van der Waals surface area contributed by atoms with Crippen molar-refractivity contribution in [1.29, 1.82) is 0 Å². The first-order valence-electron chi connectivity index (χ1n) is 6.73. The molecular weight excluding hydrogens is 400 g/mol. The van der Waals surface area contributed by atoms with Crippen molar-refractivity contribution >= 4 is 48.9 Å². The fourth-order valence-corrected chi connectivity index (χ4v) is 4.23. The Labute approximate surface area is 148 Å². The van der Waals surface area contributed by atoms with Crippen molar-refractivity contribution in [1.82, 2.24) is 4.31 Å². The Morgan fingerprint density at radius 3 is 2.39 bits per heavy atom. The number of amides is 1. The van der Waals surface area contributed by atoms with Gasteiger partial charge < -0.3 is 5.32 Å². The lowest BCUT2D eigenvalue weighted by Gasteiger charge is -2.16. The first kappa shape index (κ1) is 18.1. The largest absolute Gasteiger partial charge is 0.321 e. The maximum absolute atomic E-state index is 12.3. The molecule has 0 aliphatic rings. The Kier molecular flexibility index (Phi) is 5.30. The molecule has 8 heteroatoms. The molecule has 1 N–H and O–H groups in total. The molecule has 0 radical (unpaired) electrons. The first-order chi connectivity index (χ1) is 10.6. The summed E-state index contributed by atoms with van der Waals surface area (Å²) in [4.78, 5) is 13.0. The van der Waals surface area contributed by atoms with Crippen LogP contribution in [0.1, 0.15) is 20.8 Å². The fourth-order valence-electron chi connectivity index (χ4n) is 1.94. The molecule has 0 unspecified atom stereocenters. The normalized spacial score (nSPS) is 11.7. The summed E-state index contributed by atoms with van der Waals surface area (Å²) in [6.07, 6.45) is 0. The van der Waals surface area contributed by atoms with Gasteiger partial charge in [0.15, 0.2) is 0 Å². The highest BCUT2D eigenvalue weighted by molar-refractivity contribution is 9.11. The Morgan fingerprint density at radius 1 is 1.22 bits per heavy atom. The van der Waals surface area contributed by atoms with Gasteiger partial charge in [-0.3, -0.25) is 4.79 Å². The van der Waals surface area contributed by atoms with E-state index in [0.717, 1.165) is 19.2 Å². The minimum absolute atomic E-state index is 0.160. The predicted octanol–water partition coefficient (Wildman–Crippen LogP) is 3.63. The zero-order valence-corrected chi connectivity index (χ0v) is 16.4. The topological polar surface area (TPSA) is 66.5 Å². The number of rotatable bonds is 4.